The van der Waals surface area contributed by atoms with Crippen LogP contribution in [0.25, 0.3) is 0 Å². The third-order valence-corrected chi connectivity index (χ3v) is 3.22. The van der Waals surface area contributed by atoms with E-state index in [9.17, 15) is 4.79 Å². The summed E-state index contributed by atoms with van der Waals surface area (Å²) in [6, 6.07) is 1.72. The standard InChI is InChI=1S/C12H15N3O2S/c1-12(2,3)10-9(18-7-14-10)11(16)13-6-8-4-5-15-17-8/h4-5,7H,6H2,1-3H3,(H,13,16). The van der Waals surface area contributed by atoms with Crippen molar-refractivity contribution in [2.24, 2.45) is 0 Å². The number of amides is 1. The monoisotopic (exact) mass is 265 g/mol. The molecule has 0 spiro atoms. The predicted molar refractivity (Wildman–Crippen MR) is 68.5 cm³/mol. The lowest BCUT2D eigenvalue weighted by atomic mass is 9.91. The highest BCUT2D eigenvalue weighted by Crippen LogP contribution is 2.26. The highest BCUT2D eigenvalue weighted by Gasteiger charge is 2.24. The SMILES string of the molecule is CC(C)(C)c1ncsc1C(=O)NCc1ccno1. The highest BCUT2D eigenvalue weighted by atomic mass is 32.1. The van der Waals surface area contributed by atoms with E-state index in [2.05, 4.69) is 15.5 Å². The second kappa shape index (κ2) is 4.89. The Morgan fingerprint density at radius 1 is 1.50 bits per heavy atom. The summed E-state index contributed by atoms with van der Waals surface area (Å²) >= 11 is 1.35. The van der Waals surface area contributed by atoms with Crippen LogP contribution in [0.3, 0.4) is 0 Å². The first kappa shape index (κ1) is 12.8. The normalized spacial score (nSPS) is 11.5. The highest BCUT2D eigenvalue weighted by molar-refractivity contribution is 7.11. The van der Waals surface area contributed by atoms with Crippen molar-refractivity contribution in [3.05, 3.63) is 34.1 Å². The molecule has 96 valence electrons. The van der Waals surface area contributed by atoms with Crippen molar-refractivity contribution in [2.75, 3.05) is 0 Å². The van der Waals surface area contributed by atoms with E-state index >= 15 is 0 Å². The molecule has 2 heterocycles. The van der Waals surface area contributed by atoms with Crippen molar-refractivity contribution in [1.29, 1.82) is 0 Å². The fourth-order valence-electron chi connectivity index (χ4n) is 1.52. The topological polar surface area (TPSA) is 68.0 Å². The molecule has 0 saturated heterocycles. The predicted octanol–water partition coefficient (Wildman–Crippen LogP) is 2.36. The van der Waals surface area contributed by atoms with Crippen molar-refractivity contribution >= 4 is 17.2 Å². The largest absolute Gasteiger partial charge is 0.360 e. The Balaban J connectivity index is 2.08. The molecule has 5 nitrogen and oxygen atoms in total. The minimum absolute atomic E-state index is 0.126. The van der Waals surface area contributed by atoms with Gasteiger partial charge >= 0.3 is 0 Å². The molecule has 0 fully saturated rings. The van der Waals surface area contributed by atoms with E-state index in [0.717, 1.165) is 5.69 Å². The Labute approximate surface area is 109 Å². The number of rotatable bonds is 3. The average Bonchev–Trinajstić information content (AvgIpc) is 2.95. The Morgan fingerprint density at radius 2 is 2.28 bits per heavy atom. The first-order valence-corrected chi connectivity index (χ1v) is 6.48. The second-order valence-electron chi connectivity index (χ2n) is 4.94. The molecule has 0 aliphatic carbocycles. The number of nitrogens with zero attached hydrogens (tertiary/aromatic N) is 2. The van der Waals surface area contributed by atoms with Crippen molar-refractivity contribution in [3.63, 3.8) is 0 Å². The van der Waals surface area contributed by atoms with E-state index in [1.165, 1.54) is 11.3 Å². The molecular weight excluding hydrogens is 250 g/mol. The number of nitrogens with one attached hydrogen (secondary N) is 1. The van der Waals surface area contributed by atoms with E-state index in [-0.39, 0.29) is 11.3 Å². The van der Waals surface area contributed by atoms with Gasteiger partial charge in [-0.1, -0.05) is 25.9 Å². The van der Waals surface area contributed by atoms with Crippen LogP contribution in [-0.4, -0.2) is 16.0 Å². The van der Waals surface area contributed by atoms with Crippen LogP contribution >= 0.6 is 11.3 Å². The molecule has 6 heteroatoms. The van der Waals surface area contributed by atoms with Gasteiger partial charge in [-0.15, -0.1) is 11.3 Å². The molecule has 0 bridgehead atoms. The van der Waals surface area contributed by atoms with Crippen LogP contribution in [0.2, 0.25) is 0 Å². The maximum atomic E-state index is 12.1. The minimum Gasteiger partial charge on any atom is -0.360 e. The van der Waals surface area contributed by atoms with Gasteiger partial charge in [0, 0.05) is 11.5 Å². The second-order valence-corrected chi connectivity index (χ2v) is 5.80. The molecule has 0 aliphatic rings. The van der Waals surface area contributed by atoms with E-state index in [4.69, 9.17) is 4.52 Å². The van der Waals surface area contributed by atoms with Gasteiger partial charge < -0.3 is 9.84 Å². The summed E-state index contributed by atoms with van der Waals surface area (Å²) in [5, 5.41) is 6.38. The van der Waals surface area contributed by atoms with Gasteiger partial charge in [0.25, 0.3) is 5.91 Å². The lowest BCUT2D eigenvalue weighted by molar-refractivity contribution is 0.0948. The quantitative estimate of drug-likeness (QED) is 0.925. The number of aromatic nitrogens is 2. The summed E-state index contributed by atoms with van der Waals surface area (Å²) in [5.41, 5.74) is 2.38. The van der Waals surface area contributed by atoms with Gasteiger partial charge in [-0.3, -0.25) is 4.79 Å². The summed E-state index contributed by atoms with van der Waals surface area (Å²) in [6.45, 7) is 6.44. The minimum atomic E-state index is -0.140. The fraction of sp³-hybridized carbons (Fsp3) is 0.417. The van der Waals surface area contributed by atoms with Crippen LogP contribution in [-0.2, 0) is 12.0 Å². The van der Waals surface area contributed by atoms with Gasteiger partial charge in [-0.25, -0.2) is 4.98 Å². The Hall–Kier alpha value is -1.69. The lowest BCUT2D eigenvalue weighted by Crippen LogP contribution is -2.25. The van der Waals surface area contributed by atoms with Gasteiger partial charge in [0.05, 0.1) is 23.9 Å². The summed E-state index contributed by atoms with van der Waals surface area (Å²) in [4.78, 5) is 17.0. The van der Waals surface area contributed by atoms with Gasteiger partial charge in [0.15, 0.2) is 5.76 Å². The number of hydrogen-bond donors (Lipinski definition) is 1. The molecule has 1 amide bonds. The van der Waals surface area contributed by atoms with Gasteiger partial charge in [-0.05, 0) is 0 Å². The summed E-state index contributed by atoms with van der Waals surface area (Å²) < 4.78 is 4.92. The summed E-state index contributed by atoms with van der Waals surface area (Å²) in [6.07, 6.45) is 1.55. The molecule has 1 N–H and O–H groups in total. The van der Waals surface area contributed by atoms with Crippen LogP contribution < -0.4 is 5.32 Å². The molecular formula is C12H15N3O2S. The summed E-state index contributed by atoms with van der Waals surface area (Å²) in [5.74, 6) is 0.504. The molecule has 0 aliphatic heterocycles. The van der Waals surface area contributed by atoms with Crippen LogP contribution in [0.5, 0.6) is 0 Å². The Bertz CT molecular complexity index is 526. The van der Waals surface area contributed by atoms with Crippen LogP contribution in [0.1, 0.15) is 41.9 Å². The van der Waals surface area contributed by atoms with Gasteiger partial charge in [0.2, 0.25) is 0 Å². The van der Waals surface area contributed by atoms with Crippen molar-refractivity contribution in [1.82, 2.24) is 15.5 Å². The molecule has 2 rings (SSSR count). The molecule has 0 unspecified atom stereocenters. The zero-order valence-electron chi connectivity index (χ0n) is 10.6. The van der Waals surface area contributed by atoms with Crippen LogP contribution in [0.15, 0.2) is 22.3 Å². The smallest absolute Gasteiger partial charge is 0.263 e. The zero-order valence-corrected chi connectivity index (χ0v) is 11.4. The van der Waals surface area contributed by atoms with E-state index in [0.29, 0.717) is 17.2 Å². The van der Waals surface area contributed by atoms with E-state index in [1.807, 2.05) is 20.8 Å². The first-order valence-electron chi connectivity index (χ1n) is 5.60. The maximum Gasteiger partial charge on any atom is 0.263 e. The number of hydrogen-bond acceptors (Lipinski definition) is 5. The van der Waals surface area contributed by atoms with Crippen LogP contribution in [0.4, 0.5) is 0 Å². The summed E-state index contributed by atoms with van der Waals surface area (Å²) in [7, 11) is 0. The molecule has 0 aromatic carbocycles. The molecule has 18 heavy (non-hydrogen) atoms. The molecule has 2 aromatic heterocycles. The average molecular weight is 265 g/mol. The first-order chi connectivity index (χ1) is 8.48. The van der Waals surface area contributed by atoms with E-state index in [1.54, 1.807) is 17.8 Å². The zero-order chi connectivity index (χ0) is 13.2. The molecule has 2 aromatic rings. The third kappa shape index (κ3) is 2.76. The van der Waals surface area contributed by atoms with Crippen molar-refractivity contribution in [2.45, 2.75) is 32.7 Å². The Morgan fingerprint density at radius 3 is 2.89 bits per heavy atom. The van der Waals surface area contributed by atoms with Gasteiger partial charge in [0.1, 0.15) is 4.88 Å². The molecule has 0 radical (unpaired) electrons. The number of carbonyl (C=O) groups excluding carboxylic acids is 1. The molecule has 0 atom stereocenters. The van der Waals surface area contributed by atoms with E-state index < -0.39 is 0 Å². The third-order valence-electron chi connectivity index (χ3n) is 2.40. The maximum absolute atomic E-state index is 12.1. The lowest BCUT2D eigenvalue weighted by Gasteiger charge is -2.17. The van der Waals surface area contributed by atoms with Crippen molar-refractivity contribution in [3.8, 4) is 0 Å². The fourth-order valence-corrected chi connectivity index (χ4v) is 2.44. The van der Waals surface area contributed by atoms with Gasteiger partial charge in [-0.2, -0.15) is 0 Å². The number of thiazole rings is 1. The molecule has 0 saturated carbocycles. The van der Waals surface area contributed by atoms with Crippen molar-refractivity contribution < 1.29 is 9.32 Å². The van der Waals surface area contributed by atoms with Crippen LogP contribution in [0, 0.1) is 0 Å². The Kier molecular flexibility index (Phi) is 3.47. The number of carbonyl (C=O) groups is 1.